The Morgan fingerprint density at radius 2 is 2.06 bits per heavy atom. The van der Waals surface area contributed by atoms with Gasteiger partial charge in [-0.1, -0.05) is 29.8 Å². The number of hydrogen-bond acceptors (Lipinski definition) is 4. The van der Waals surface area contributed by atoms with Gasteiger partial charge >= 0.3 is 0 Å². The minimum atomic E-state index is 0.618. The Morgan fingerprint density at radius 1 is 1.22 bits per heavy atom. The molecule has 0 aliphatic carbocycles. The van der Waals surface area contributed by atoms with Gasteiger partial charge in [-0.3, -0.25) is 0 Å². The fourth-order valence-corrected chi connectivity index (χ4v) is 3.28. The van der Waals surface area contributed by atoms with Crippen LogP contribution in [0.15, 0.2) is 24.3 Å². The van der Waals surface area contributed by atoms with Crippen LogP contribution < -0.4 is 5.73 Å². The first kappa shape index (κ1) is 11.8. The molecule has 5 heteroatoms. The highest BCUT2D eigenvalue weighted by molar-refractivity contribution is 7.98. The Morgan fingerprint density at radius 3 is 2.89 bits per heavy atom. The first-order valence-corrected chi connectivity index (χ1v) is 7.22. The molecule has 0 spiro atoms. The lowest BCUT2D eigenvalue weighted by molar-refractivity contribution is 0.935. The van der Waals surface area contributed by atoms with Crippen LogP contribution in [0.5, 0.6) is 0 Å². The molecule has 1 aromatic carbocycles. The zero-order valence-electron chi connectivity index (χ0n) is 9.69. The Bertz CT molecular complexity index is 601. The van der Waals surface area contributed by atoms with Crippen LogP contribution in [-0.4, -0.2) is 9.97 Å². The van der Waals surface area contributed by atoms with E-state index >= 15 is 0 Å². The van der Waals surface area contributed by atoms with Gasteiger partial charge in [0.2, 0.25) is 0 Å². The molecular formula is C13H12ClN3S. The highest BCUT2D eigenvalue weighted by Crippen LogP contribution is 2.31. The van der Waals surface area contributed by atoms with E-state index in [-0.39, 0.29) is 0 Å². The predicted molar refractivity (Wildman–Crippen MR) is 75.7 cm³/mol. The van der Waals surface area contributed by atoms with Gasteiger partial charge in [-0.25, -0.2) is 9.97 Å². The summed E-state index contributed by atoms with van der Waals surface area (Å²) in [5.41, 5.74) is 9.18. The van der Waals surface area contributed by atoms with Crippen molar-refractivity contribution in [1.82, 2.24) is 9.97 Å². The highest BCUT2D eigenvalue weighted by atomic mass is 35.5. The number of nitrogens with two attached hydrogens (primary N) is 1. The van der Waals surface area contributed by atoms with Crippen molar-refractivity contribution in [3.05, 3.63) is 51.9 Å². The molecule has 0 saturated carbocycles. The zero-order valence-corrected chi connectivity index (χ0v) is 11.3. The number of hydrogen-bond donors (Lipinski definition) is 1. The van der Waals surface area contributed by atoms with Gasteiger partial charge in [0.1, 0.15) is 11.6 Å². The fourth-order valence-electron chi connectivity index (χ4n) is 2.02. The summed E-state index contributed by atoms with van der Waals surface area (Å²) in [5.74, 6) is 3.22. The van der Waals surface area contributed by atoms with E-state index in [1.165, 1.54) is 0 Å². The van der Waals surface area contributed by atoms with Crippen LogP contribution in [0.2, 0.25) is 5.02 Å². The third-order valence-electron chi connectivity index (χ3n) is 2.96. The van der Waals surface area contributed by atoms with E-state index < -0.39 is 0 Å². The first-order chi connectivity index (χ1) is 8.74. The molecule has 1 aromatic heterocycles. The second-order valence-electron chi connectivity index (χ2n) is 4.21. The summed E-state index contributed by atoms with van der Waals surface area (Å²) >= 11 is 7.97. The maximum Gasteiger partial charge on any atom is 0.135 e. The fraction of sp³-hybridized carbons (Fsp3) is 0.231. The number of anilines is 1. The molecule has 1 aliphatic heterocycles. The number of halogens is 1. The summed E-state index contributed by atoms with van der Waals surface area (Å²) in [6, 6.07) is 7.75. The number of nitrogen functional groups attached to an aromatic ring is 1. The van der Waals surface area contributed by atoms with Gasteiger partial charge in [0.15, 0.2) is 0 Å². The maximum absolute atomic E-state index is 6.14. The Kier molecular flexibility index (Phi) is 3.14. The lowest BCUT2D eigenvalue weighted by Gasteiger charge is -2.07. The second kappa shape index (κ2) is 4.78. The molecule has 2 N–H and O–H groups in total. The van der Waals surface area contributed by atoms with Gasteiger partial charge in [0, 0.05) is 28.5 Å². The smallest absolute Gasteiger partial charge is 0.135 e. The van der Waals surface area contributed by atoms with Crippen LogP contribution in [0.1, 0.15) is 22.6 Å². The molecule has 3 nitrogen and oxygen atoms in total. The van der Waals surface area contributed by atoms with Crippen LogP contribution in [-0.2, 0) is 17.9 Å². The summed E-state index contributed by atoms with van der Waals surface area (Å²) in [7, 11) is 0. The molecule has 1 aliphatic rings. The number of thioether (sulfide) groups is 1. The standard InChI is InChI=1S/C13H12ClN3S/c14-10-4-2-1-3-8(10)5-12-16-11-7-18-6-9(11)13(15)17-12/h1-4H,5-7H2,(H2,15,16,17). The number of benzene rings is 1. The van der Waals surface area contributed by atoms with Gasteiger partial charge in [-0.2, -0.15) is 11.8 Å². The van der Waals surface area contributed by atoms with Crippen molar-refractivity contribution in [1.29, 1.82) is 0 Å². The third-order valence-corrected chi connectivity index (χ3v) is 4.30. The van der Waals surface area contributed by atoms with E-state index in [9.17, 15) is 0 Å². The molecule has 2 aromatic rings. The largest absolute Gasteiger partial charge is 0.383 e. The molecule has 0 atom stereocenters. The van der Waals surface area contributed by atoms with Gasteiger partial charge < -0.3 is 5.73 Å². The second-order valence-corrected chi connectivity index (χ2v) is 5.60. The summed E-state index contributed by atoms with van der Waals surface area (Å²) < 4.78 is 0. The summed E-state index contributed by atoms with van der Waals surface area (Å²) in [4.78, 5) is 8.96. The Balaban J connectivity index is 1.95. The highest BCUT2D eigenvalue weighted by Gasteiger charge is 2.18. The van der Waals surface area contributed by atoms with Crippen LogP contribution in [0.25, 0.3) is 0 Å². The molecule has 3 rings (SSSR count). The van der Waals surface area contributed by atoms with Crippen LogP contribution in [0.3, 0.4) is 0 Å². The average Bonchev–Trinajstić information content (AvgIpc) is 2.81. The molecule has 0 radical (unpaired) electrons. The van der Waals surface area contributed by atoms with E-state index in [1.807, 2.05) is 36.0 Å². The number of aromatic nitrogens is 2. The van der Waals surface area contributed by atoms with Crippen molar-refractivity contribution in [2.75, 3.05) is 5.73 Å². The van der Waals surface area contributed by atoms with Gasteiger partial charge in [0.25, 0.3) is 0 Å². The number of rotatable bonds is 2. The molecule has 0 unspecified atom stereocenters. The number of nitrogens with zero attached hydrogens (tertiary/aromatic N) is 2. The van der Waals surface area contributed by atoms with Crippen LogP contribution >= 0.6 is 23.4 Å². The molecule has 2 heterocycles. The van der Waals surface area contributed by atoms with E-state index in [0.29, 0.717) is 12.2 Å². The van der Waals surface area contributed by atoms with E-state index in [1.54, 1.807) is 0 Å². The average molecular weight is 278 g/mol. The minimum Gasteiger partial charge on any atom is -0.383 e. The van der Waals surface area contributed by atoms with Crippen molar-refractivity contribution >= 4 is 29.2 Å². The van der Waals surface area contributed by atoms with Crippen LogP contribution in [0.4, 0.5) is 5.82 Å². The van der Waals surface area contributed by atoms with Gasteiger partial charge in [-0.15, -0.1) is 0 Å². The first-order valence-electron chi connectivity index (χ1n) is 5.69. The van der Waals surface area contributed by atoms with Crippen LogP contribution in [0, 0.1) is 0 Å². The van der Waals surface area contributed by atoms with Crippen molar-refractivity contribution in [3.8, 4) is 0 Å². The molecule has 18 heavy (non-hydrogen) atoms. The summed E-state index contributed by atoms with van der Waals surface area (Å²) in [5, 5.41) is 0.745. The lowest BCUT2D eigenvalue weighted by Crippen LogP contribution is -2.06. The minimum absolute atomic E-state index is 0.618. The molecule has 92 valence electrons. The lowest BCUT2D eigenvalue weighted by atomic mass is 10.1. The maximum atomic E-state index is 6.14. The van der Waals surface area contributed by atoms with Crippen molar-refractivity contribution in [2.24, 2.45) is 0 Å². The molecule has 0 fully saturated rings. The molecular weight excluding hydrogens is 266 g/mol. The predicted octanol–water partition coefficient (Wildman–Crippen LogP) is 3.05. The van der Waals surface area contributed by atoms with E-state index in [2.05, 4.69) is 9.97 Å². The van der Waals surface area contributed by atoms with Crippen molar-refractivity contribution in [3.63, 3.8) is 0 Å². The molecule has 0 amide bonds. The molecule has 0 saturated heterocycles. The monoisotopic (exact) mass is 277 g/mol. The quantitative estimate of drug-likeness (QED) is 0.917. The van der Waals surface area contributed by atoms with E-state index in [4.69, 9.17) is 17.3 Å². The molecule has 0 bridgehead atoms. The van der Waals surface area contributed by atoms with Gasteiger partial charge in [0.05, 0.1) is 5.69 Å². The topological polar surface area (TPSA) is 51.8 Å². The van der Waals surface area contributed by atoms with Crippen molar-refractivity contribution in [2.45, 2.75) is 17.9 Å². The third kappa shape index (κ3) is 2.18. The zero-order chi connectivity index (χ0) is 12.5. The Hall–Kier alpha value is -1.26. The SMILES string of the molecule is Nc1nc(Cc2ccccc2Cl)nc2c1CSC2. The van der Waals surface area contributed by atoms with Crippen molar-refractivity contribution < 1.29 is 0 Å². The Labute approximate surface area is 115 Å². The summed E-state index contributed by atoms with van der Waals surface area (Å²) in [6.45, 7) is 0. The van der Waals surface area contributed by atoms with Gasteiger partial charge in [-0.05, 0) is 11.6 Å². The normalized spacial score (nSPS) is 13.6. The summed E-state index contributed by atoms with van der Waals surface area (Å²) in [6.07, 6.45) is 0.627. The van der Waals surface area contributed by atoms with E-state index in [0.717, 1.165) is 39.2 Å². The number of fused-ring (bicyclic) bond motifs is 1.